The number of primary amides is 1. The maximum atomic E-state index is 11.8. The number of nitrogens with two attached hydrogens (primary N) is 1. The zero-order valence-corrected chi connectivity index (χ0v) is 13.8. The van der Waals surface area contributed by atoms with Gasteiger partial charge in [0.05, 0.1) is 0 Å². The maximum Gasteiger partial charge on any atom is 0.248 e. The number of amides is 2. The number of carbonyl (C=O) groups is 2. The van der Waals surface area contributed by atoms with Gasteiger partial charge in [0, 0.05) is 50.4 Å². The van der Waals surface area contributed by atoms with Gasteiger partial charge in [-0.15, -0.1) is 24.8 Å². The van der Waals surface area contributed by atoms with Crippen LogP contribution >= 0.6 is 24.8 Å². The normalized spacial score (nSPS) is 14.4. The number of halogens is 2. The second-order valence-electron chi connectivity index (χ2n) is 4.83. The third kappa shape index (κ3) is 6.62. The van der Waals surface area contributed by atoms with Crippen LogP contribution in [0.4, 0.5) is 5.69 Å². The van der Waals surface area contributed by atoms with E-state index < -0.39 is 5.91 Å². The maximum absolute atomic E-state index is 11.8. The number of nitrogens with zero attached hydrogens (tertiary/aromatic N) is 1. The Hall–Kier alpha value is -1.34. The minimum atomic E-state index is -0.471. The number of nitrogens with one attached hydrogen (secondary N) is 2. The van der Waals surface area contributed by atoms with E-state index in [2.05, 4.69) is 15.5 Å². The van der Waals surface area contributed by atoms with Gasteiger partial charge in [-0.05, 0) is 24.3 Å². The van der Waals surface area contributed by atoms with Crippen molar-refractivity contribution in [3.8, 4) is 0 Å². The smallest absolute Gasteiger partial charge is 0.248 e. The molecule has 0 aromatic heterocycles. The van der Waals surface area contributed by atoms with E-state index in [-0.39, 0.29) is 30.7 Å². The number of carbonyl (C=O) groups excluding carboxylic acids is 2. The molecule has 2 rings (SSSR count). The van der Waals surface area contributed by atoms with Crippen molar-refractivity contribution in [1.82, 2.24) is 10.2 Å². The summed E-state index contributed by atoms with van der Waals surface area (Å²) < 4.78 is 0. The van der Waals surface area contributed by atoms with Crippen LogP contribution in [-0.4, -0.2) is 49.4 Å². The third-order valence-corrected chi connectivity index (χ3v) is 3.32. The summed E-state index contributed by atoms with van der Waals surface area (Å²) >= 11 is 0. The lowest BCUT2D eigenvalue weighted by Gasteiger charge is -2.26. The van der Waals surface area contributed by atoms with E-state index in [1.165, 1.54) is 0 Å². The van der Waals surface area contributed by atoms with Gasteiger partial charge >= 0.3 is 0 Å². The van der Waals surface area contributed by atoms with Gasteiger partial charge in [-0.1, -0.05) is 0 Å². The van der Waals surface area contributed by atoms with Gasteiger partial charge in [0.2, 0.25) is 11.8 Å². The van der Waals surface area contributed by atoms with E-state index in [1.807, 2.05) is 0 Å². The molecule has 2 amide bonds. The van der Waals surface area contributed by atoms with Crippen LogP contribution in [0.3, 0.4) is 0 Å². The summed E-state index contributed by atoms with van der Waals surface area (Å²) in [6, 6.07) is 6.58. The molecule has 0 atom stereocenters. The van der Waals surface area contributed by atoms with Crippen molar-refractivity contribution in [3.05, 3.63) is 29.8 Å². The Balaban J connectivity index is 0.00000220. The van der Waals surface area contributed by atoms with Gasteiger partial charge < -0.3 is 21.3 Å². The molecular weight excluding hydrogens is 327 g/mol. The molecule has 8 heteroatoms. The first-order valence-corrected chi connectivity index (χ1v) is 6.78. The number of piperazine rings is 1. The van der Waals surface area contributed by atoms with Crippen molar-refractivity contribution in [1.29, 1.82) is 0 Å². The first-order chi connectivity index (χ1) is 9.65. The highest BCUT2D eigenvalue weighted by atomic mass is 35.5. The summed E-state index contributed by atoms with van der Waals surface area (Å²) in [6.45, 7) is 4.71. The minimum Gasteiger partial charge on any atom is -0.366 e. The minimum absolute atomic E-state index is 0. The molecule has 0 radical (unpaired) electrons. The largest absolute Gasteiger partial charge is 0.366 e. The molecule has 1 fully saturated rings. The lowest BCUT2D eigenvalue weighted by atomic mass is 10.2. The summed E-state index contributed by atoms with van der Waals surface area (Å²) in [7, 11) is 0. The van der Waals surface area contributed by atoms with Crippen molar-refractivity contribution in [2.75, 3.05) is 38.0 Å². The Morgan fingerprint density at radius 2 is 1.73 bits per heavy atom. The lowest BCUT2D eigenvalue weighted by molar-refractivity contribution is -0.116. The fourth-order valence-electron chi connectivity index (χ4n) is 2.14. The predicted octanol–water partition coefficient (Wildman–Crippen LogP) is 0.863. The molecule has 1 aliphatic rings. The first kappa shape index (κ1) is 20.7. The van der Waals surface area contributed by atoms with E-state index in [0.717, 1.165) is 32.7 Å². The molecule has 124 valence electrons. The Kier molecular flexibility index (Phi) is 9.76. The molecule has 1 aromatic rings. The SMILES string of the molecule is Cl.Cl.NC(=O)c1ccc(NC(=O)CCN2CCNCC2)cc1. The summed E-state index contributed by atoms with van der Waals surface area (Å²) in [5.41, 5.74) is 6.27. The van der Waals surface area contributed by atoms with E-state index in [0.29, 0.717) is 17.7 Å². The van der Waals surface area contributed by atoms with Gasteiger partial charge in [0.25, 0.3) is 0 Å². The molecule has 0 unspecified atom stereocenters. The van der Waals surface area contributed by atoms with Gasteiger partial charge in [0.15, 0.2) is 0 Å². The van der Waals surface area contributed by atoms with Crippen molar-refractivity contribution in [3.63, 3.8) is 0 Å². The van der Waals surface area contributed by atoms with Crippen LogP contribution in [0.25, 0.3) is 0 Å². The molecule has 1 saturated heterocycles. The van der Waals surface area contributed by atoms with Crippen LogP contribution in [0, 0.1) is 0 Å². The fourth-order valence-corrected chi connectivity index (χ4v) is 2.14. The molecule has 1 aliphatic heterocycles. The Bertz CT molecular complexity index is 476. The molecule has 1 aromatic carbocycles. The number of rotatable bonds is 5. The van der Waals surface area contributed by atoms with E-state index in [9.17, 15) is 9.59 Å². The van der Waals surface area contributed by atoms with Gasteiger partial charge in [-0.2, -0.15) is 0 Å². The monoisotopic (exact) mass is 348 g/mol. The van der Waals surface area contributed by atoms with Gasteiger partial charge in [-0.25, -0.2) is 0 Å². The number of hydrogen-bond acceptors (Lipinski definition) is 4. The molecule has 0 bridgehead atoms. The van der Waals surface area contributed by atoms with Crippen LogP contribution < -0.4 is 16.4 Å². The van der Waals surface area contributed by atoms with Crippen molar-refractivity contribution in [2.24, 2.45) is 5.73 Å². The quantitative estimate of drug-likeness (QED) is 0.736. The highest BCUT2D eigenvalue weighted by molar-refractivity contribution is 5.94. The number of hydrogen-bond donors (Lipinski definition) is 3. The molecule has 4 N–H and O–H groups in total. The topological polar surface area (TPSA) is 87.5 Å². The summed E-state index contributed by atoms with van der Waals surface area (Å²) in [5.74, 6) is -0.489. The Labute approximate surface area is 142 Å². The average Bonchev–Trinajstić information content (AvgIpc) is 2.47. The van der Waals surface area contributed by atoms with E-state index in [1.54, 1.807) is 24.3 Å². The Morgan fingerprint density at radius 3 is 2.27 bits per heavy atom. The molecule has 0 saturated carbocycles. The van der Waals surface area contributed by atoms with E-state index in [4.69, 9.17) is 5.73 Å². The summed E-state index contributed by atoms with van der Waals surface area (Å²) in [6.07, 6.45) is 0.470. The third-order valence-electron chi connectivity index (χ3n) is 3.32. The second-order valence-corrected chi connectivity index (χ2v) is 4.83. The zero-order valence-electron chi connectivity index (χ0n) is 12.2. The van der Waals surface area contributed by atoms with Crippen LogP contribution in [0.1, 0.15) is 16.8 Å². The van der Waals surface area contributed by atoms with E-state index >= 15 is 0 Å². The first-order valence-electron chi connectivity index (χ1n) is 6.78. The second kappa shape index (κ2) is 10.4. The van der Waals surface area contributed by atoms with Gasteiger partial charge in [0.1, 0.15) is 0 Å². The number of benzene rings is 1. The van der Waals surface area contributed by atoms with Crippen LogP contribution in [-0.2, 0) is 4.79 Å². The standard InChI is InChI=1S/C14H20N4O2.2ClH/c15-14(20)11-1-3-12(4-2-11)17-13(19)5-8-18-9-6-16-7-10-18;;/h1-4,16H,5-10H2,(H2,15,20)(H,17,19);2*1H. The van der Waals surface area contributed by atoms with Gasteiger partial charge in [-0.3, -0.25) is 9.59 Å². The van der Waals surface area contributed by atoms with Crippen LogP contribution in [0.5, 0.6) is 0 Å². The summed E-state index contributed by atoms with van der Waals surface area (Å²) in [5, 5.41) is 6.09. The highest BCUT2D eigenvalue weighted by Crippen LogP contribution is 2.09. The highest BCUT2D eigenvalue weighted by Gasteiger charge is 2.11. The molecule has 6 nitrogen and oxygen atoms in total. The molecular formula is C14H22Cl2N4O2. The molecule has 22 heavy (non-hydrogen) atoms. The predicted molar refractivity (Wildman–Crippen MR) is 92.0 cm³/mol. The van der Waals surface area contributed by atoms with Crippen molar-refractivity contribution < 1.29 is 9.59 Å². The molecule has 1 heterocycles. The van der Waals surface area contributed by atoms with Crippen molar-refractivity contribution >= 4 is 42.3 Å². The molecule has 0 aliphatic carbocycles. The lowest BCUT2D eigenvalue weighted by Crippen LogP contribution is -2.44. The Morgan fingerprint density at radius 1 is 1.14 bits per heavy atom. The fraction of sp³-hybridized carbons (Fsp3) is 0.429. The average molecular weight is 349 g/mol. The number of anilines is 1. The zero-order chi connectivity index (χ0) is 14.4. The van der Waals surface area contributed by atoms with Crippen LogP contribution in [0.15, 0.2) is 24.3 Å². The van der Waals surface area contributed by atoms with Crippen molar-refractivity contribution in [2.45, 2.75) is 6.42 Å². The summed E-state index contributed by atoms with van der Waals surface area (Å²) in [4.78, 5) is 25.0. The molecule has 0 spiro atoms. The van der Waals surface area contributed by atoms with Crippen LogP contribution in [0.2, 0.25) is 0 Å².